The van der Waals surface area contributed by atoms with Crippen LogP contribution in [0.3, 0.4) is 0 Å². The summed E-state index contributed by atoms with van der Waals surface area (Å²) in [7, 11) is 0.668. The molecule has 3 nitrogen and oxygen atoms in total. The number of hydrogen-bond donors (Lipinski definition) is 0. The fourth-order valence-corrected chi connectivity index (χ4v) is 1.19. The Balaban J connectivity index is 3.49. The maximum Gasteiger partial charge on any atom is 0.573 e. The smallest absolute Gasteiger partial charge is 0.478 e. The van der Waals surface area contributed by atoms with Gasteiger partial charge in [-0.1, -0.05) is 0 Å². The molecule has 0 fully saturated rings. The zero-order chi connectivity index (χ0) is 15.7. The molecule has 0 bridgehead atoms. The molecule has 0 aromatic carbocycles. The molecule has 11 heteroatoms. The van der Waals surface area contributed by atoms with E-state index >= 15 is 0 Å². The molecule has 0 aliphatic carbocycles. The van der Waals surface area contributed by atoms with Crippen LogP contribution in [-0.4, -0.2) is 18.5 Å². The van der Waals surface area contributed by atoms with Crippen LogP contribution in [0, 0.1) is 0 Å². The van der Waals surface area contributed by atoms with Crippen LogP contribution >= 0.6 is 0 Å². The molecular weight excluding hydrogens is 306 g/mol. The Morgan fingerprint density at radius 2 is 1.65 bits per heavy atom. The minimum absolute atomic E-state index is 0.228. The van der Waals surface area contributed by atoms with E-state index in [1.165, 1.54) is 0 Å². The second kappa shape index (κ2) is 5.29. The molecule has 0 amide bonds. The second-order valence-corrected chi connectivity index (χ2v) is 3.28. The Kier molecular flexibility index (Phi) is 4.30. The van der Waals surface area contributed by atoms with Crippen LogP contribution in [0.5, 0.6) is 11.6 Å². The summed E-state index contributed by atoms with van der Waals surface area (Å²) in [6.07, 6.45) is -14.2. The maximum atomic E-state index is 12.6. The minimum atomic E-state index is -5.39. The van der Waals surface area contributed by atoms with E-state index in [4.69, 9.17) is 0 Å². The first-order valence-corrected chi connectivity index (χ1v) is 4.65. The van der Waals surface area contributed by atoms with Gasteiger partial charge in [-0.05, 0) is 6.07 Å². The molecule has 0 saturated carbocycles. The number of rotatable bonds is 3. The first-order valence-electron chi connectivity index (χ1n) is 4.65. The number of nitrogens with zero attached hydrogens (tertiary/aromatic N) is 1. The largest absolute Gasteiger partial charge is 0.573 e. The topological polar surface area (TPSA) is 31.4 Å². The molecule has 0 aliphatic rings. The van der Waals surface area contributed by atoms with Gasteiger partial charge in [0, 0.05) is 0 Å². The van der Waals surface area contributed by atoms with Crippen molar-refractivity contribution < 1.29 is 44.6 Å². The standard InChI is InChI=1S/C9H5F8NO2/c1-19-7-5(20-9(15,16)17)3(6(10)11)2-4(18-7)8(12,13)14/h2,6H,1H3. The Morgan fingerprint density at radius 1 is 1.10 bits per heavy atom. The third-order valence-electron chi connectivity index (χ3n) is 1.91. The third kappa shape index (κ3) is 3.84. The lowest BCUT2D eigenvalue weighted by atomic mass is 10.2. The van der Waals surface area contributed by atoms with Gasteiger partial charge < -0.3 is 9.47 Å². The number of halogens is 8. The van der Waals surface area contributed by atoms with E-state index in [0.29, 0.717) is 7.11 Å². The molecule has 114 valence electrons. The minimum Gasteiger partial charge on any atom is -0.478 e. The molecule has 1 rings (SSSR count). The fourth-order valence-electron chi connectivity index (χ4n) is 1.19. The highest BCUT2D eigenvalue weighted by Gasteiger charge is 2.39. The van der Waals surface area contributed by atoms with E-state index in [9.17, 15) is 35.1 Å². The van der Waals surface area contributed by atoms with Crippen molar-refractivity contribution in [3.8, 4) is 11.6 Å². The lowest BCUT2D eigenvalue weighted by molar-refractivity contribution is -0.275. The van der Waals surface area contributed by atoms with Gasteiger partial charge >= 0.3 is 12.5 Å². The summed E-state index contributed by atoms with van der Waals surface area (Å²) in [5.41, 5.74) is -3.44. The molecule has 0 N–H and O–H groups in total. The molecule has 1 heterocycles. The molecule has 1 aromatic heterocycles. The molecule has 20 heavy (non-hydrogen) atoms. The van der Waals surface area contributed by atoms with Gasteiger partial charge in [-0.25, -0.2) is 13.8 Å². The van der Waals surface area contributed by atoms with Crippen molar-refractivity contribution in [2.45, 2.75) is 19.0 Å². The van der Waals surface area contributed by atoms with E-state index < -0.39 is 41.9 Å². The number of ether oxygens (including phenoxy) is 2. The molecule has 0 aliphatic heterocycles. The van der Waals surface area contributed by atoms with E-state index in [1.54, 1.807) is 0 Å². The summed E-state index contributed by atoms with van der Waals surface area (Å²) in [4.78, 5) is 2.68. The average molecular weight is 311 g/mol. The van der Waals surface area contributed by atoms with Crippen LogP contribution in [0.4, 0.5) is 35.1 Å². The van der Waals surface area contributed by atoms with Crippen LogP contribution in [0.15, 0.2) is 6.07 Å². The van der Waals surface area contributed by atoms with Gasteiger partial charge in [-0.2, -0.15) is 13.2 Å². The predicted octanol–water partition coefficient (Wildman–Crippen LogP) is 3.95. The SMILES string of the molecule is COc1nc(C(F)(F)F)cc(C(F)F)c1OC(F)(F)F. The summed E-state index contributed by atoms with van der Waals surface area (Å²) in [5.74, 6) is -2.95. The lowest BCUT2D eigenvalue weighted by Gasteiger charge is -2.17. The highest BCUT2D eigenvalue weighted by molar-refractivity contribution is 5.44. The Morgan fingerprint density at radius 3 is 2.00 bits per heavy atom. The van der Waals surface area contributed by atoms with Crippen LogP contribution in [0.25, 0.3) is 0 Å². The maximum absolute atomic E-state index is 12.6. The molecular formula is C9H5F8NO2. The van der Waals surface area contributed by atoms with Crippen LogP contribution in [-0.2, 0) is 6.18 Å². The zero-order valence-corrected chi connectivity index (χ0v) is 9.44. The molecule has 0 saturated heterocycles. The fraction of sp³-hybridized carbons (Fsp3) is 0.444. The van der Waals surface area contributed by atoms with Crippen molar-refractivity contribution in [2.24, 2.45) is 0 Å². The number of alkyl halides is 8. The normalized spacial score (nSPS) is 12.7. The molecule has 0 radical (unpaired) electrons. The van der Waals surface area contributed by atoms with Crippen molar-refractivity contribution in [2.75, 3.05) is 7.11 Å². The van der Waals surface area contributed by atoms with Gasteiger partial charge in [-0.15, -0.1) is 13.2 Å². The van der Waals surface area contributed by atoms with Gasteiger partial charge in [0.15, 0.2) is 5.75 Å². The van der Waals surface area contributed by atoms with Crippen molar-refractivity contribution in [1.82, 2.24) is 4.98 Å². The summed E-state index contributed by atoms with van der Waals surface area (Å²) in [6, 6.07) is -0.228. The molecule has 1 aromatic rings. The first kappa shape index (κ1) is 16.2. The Bertz CT molecular complexity index is 482. The Labute approximate surface area is 106 Å². The highest BCUT2D eigenvalue weighted by atomic mass is 19.4. The number of pyridine rings is 1. The van der Waals surface area contributed by atoms with Crippen molar-refractivity contribution in [3.05, 3.63) is 17.3 Å². The summed E-state index contributed by atoms with van der Waals surface area (Å²) in [5, 5.41) is 0. The highest BCUT2D eigenvalue weighted by Crippen LogP contribution is 2.42. The monoisotopic (exact) mass is 311 g/mol. The van der Waals surface area contributed by atoms with Crippen LogP contribution < -0.4 is 9.47 Å². The van der Waals surface area contributed by atoms with Gasteiger partial charge in [-0.3, -0.25) is 0 Å². The van der Waals surface area contributed by atoms with Gasteiger partial charge in [0.1, 0.15) is 5.69 Å². The van der Waals surface area contributed by atoms with E-state index in [0.717, 1.165) is 0 Å². The van der Waals surface area contributed by atoms with Gasteiger partial charge in [0.25, 0.3) is 12.3 Å². The van der Waals surface area contributed by atoms with E-state index in [1.807, 2.05) is 0 Å². The predicted molar refractivity (Wildman–Crippen MR) is 47.4 cm³/mol. The van der Waals surface area contributed by atoms with Crippen molar-refractivity contribution in [3.63, 3.8) is 0 Å². The van der Waals surface area contributed by atoms with E-state index in [-0.39, 0.29) is 6.07 Å². The Hall–Kier alpha value is -1.81. The van der Waals surface area contributed by atoms with Gasteiger partial charge in [0.2, 0.25) is 0 Å². The molecule has 0 unspecified atom stereocenters. The number of aromatic nitrogens is 1. The van der Waals surface area contributed by atoms with Crippen LogP contribution in [0.2, 0.25) is 0 Å². The second-order valence-electron chi connectivity index (χ2n) is 3.28. The average Bonchev–Trinajstić information content (AvgIpc) is 2.25. The lowest BCUT2D eigenvalue weighted by Crippen LogP contribution is -2.20. The molecule has 0 spiro atoms. The van der Waals surface area contributed by atoms with Gasteiger partial charge in [0.05, 0.1) is 12.7 Å². The third-order valence-corrected chi connectivity index (χ3v) is 1.91. The zero-order valence-electron chi connectivity index (χ0n) is 9.44. The number of methoxy groups -OCH3 is 1. The molecule has 0 atom stereocenters. The van der Waals surface area contributed by atoms with Crippen molar-refractivity contribution >= 4 is 0 Å². The van der Waals surface area contributed by atoms with Crippen molar-refractivity contribution in [1.29, 1.82) is 0 Å². The number of hydrogen-bond acceptors (Lipinski definition) is 3. The first-order chi connectivity index (χ1) is 8.95. The quantitative estimate of drug-likeness (QED) is 0.792. The summed E-state index contributed by atoms with van der Waals surface area (Å²) >= 11 is 0. The summed E-state index contributed by atoms with van der Waals surface area (Å²) in [6.45, 7) is 0. The van der Waals surface area contributed by atoms with Crippen LogP contribution in [0.1, 0.15) is 17.7 Å². The summed E-state index contributed by atoms with van der Waals surface area (Å²) < 4.78 is 106. The van der Waals surface area contributed by atoms with E-state index in [2.05, 4.69) is 14.5 Å².